The SMILES string of the molecule is c1ccc2c3c(c(-c4ccc5c(c4)C4CC6CC(CC5C6)C4)nc2c1)C1CCC3CC1. The van der Waals surface area contributed by atoms with Crippen LogP contribution in [0, 0.1) is 11.8 Å². The standard InChI is InChI=1S/C30H31N/c1-2-4-27-25(3-1)28-19-5-7-20(8-6-19)29(28)30(31-27)21-9-10-24-22-12-17-11-18(13-22)15-23(14-17)26(24)16-21/h1-4,9-10,16-20,22-23H,5-8,11-15H2. The van der Waals surface area contributed by atoms with E-state index in [9.17, 15) is 0 Å². The first-order chi connectivity index (χ1) is 15.3. The van der Waals surface area contributed by atoms with Gasteiger partial charge in [-0.15, -0.1) is 0 Å². The molecular formula is C30H31N. The number of nitrogens with zero attached hydrogens (tertiary/aromatic N) is 1. The van der Waals surface area contributed by atoms with Crippen molar-refractivity contribution < 1.29 is 0 Å². The summed E-state index contributed by atoms with van der Waals surface area (Å²) in [5, 5.41) is 1.43. The summed E-state index contributed by atoms with van der Waals surface area (Å²) in [6, 6.07) is 16.5. The third kappa shape index (κ3) is 2.41. The van der Waals surface area contributed by atoms with Crippen LogP contribution in [0.4, 0.5) is 0 Å². The van der Waals surface area contributed by atoms with Gasteiger partial charge in [0, 0.05) is 10.9 Å². The molecule has 3 saturated carbocycles. The molecule has 156 valence electrons. The molecule has 6 bridgehead atoms. The minimum Gasteiger partial charge on any atom is -0.247 e. The highest BCUT2D eigenvalue weighted by atomic mass is 14.7. The van der Waals surface area contributed by atoms with Crippen LogP contribution < -0.4 is 0 Å². The lowest BCUT2D eigenvalue weighted by molar-refractivity contribution is 0.166. The van der Waals surface area contributed by atoms with Gasteiger partial charge in [-0.2, -0.15) is 0 Å². The second kappa shape index (κ2) is 6.21. The predicted molar refractivity (Wildman–Crippen MR) is 127 cm³/mol. The first-order valence-electron chi connectivity index (χ1n) is 12.9. The van der Waals surface area contributed by atoms with Gasteiger partial charge in [0.2, 0.25) is 0 Å². The van der Waals surface area contributed by atoms with Crippen LogP contribution in [0.1, 0.15) is 104 Å². The van der Waals surface area contributed by atoms with Crippen molar-refractivity contribution in [3.8, 4) is 11.3 Å². The van der Waals surface area contributed by atoms with Crippen LogP contribution in [-0.4, -0.2) is 4.98 Å². The van der Waals surface area contributed by atoms with Crippen molar-refractivity contribution in [1.82, 2.24) is 4.98 Å². The lowest BCUT2D eigenvalue weighted by Crippen LogP contribution is -2.25. The first-order valence-corrected chi connectivity index (χ1v) is 12.9. The van der Waals surface area contributed by atoms with E-state index in [4.69, 9.17) is 4.98 Å². The Morgan fingerprint density at radius 1 is 0.613 bits per heavy atom. The molecule has 1 heterocycles. The van der Waals surface area contributed by atoms with E-state index in [1.807, 2.05) is 0 Å². The van der Waals surface area contributed by atoms with Gasteiger partial charge in [-0.05, 0) is 128 Å². The molecule has 10 rings (SSSR count). The quantitative estimate of drug-likeness (QED) is 0.399. The van der Waals surface area contributed by atoms with Crippen LogP contribution in [0.15, 0.2) is 42.5 Å². The second-order valence-electron chi connectivity index (χ2n) is 11.5. The molecule has 3 aromatic rings. The number of para-hydroxylation sites is 1. The second-order valence-corrected chi connectivity index (χ2v) is 11.5. The summed E-state index contributed by atoms with van der Waals surface area (Å²) in [5.41, 5.74) is 10.6. The highest BCUT2D eigenvalue weighted by Gasteiger charge is 2.42. The van der Waals surface area contributed by atoms with E-state index in [1.165, 1.54) is 79.9 Å². The number of pyridine rings is 1. The average molecular weight is 406 g/mol. The van der Waals surface area contributed by atoms with Gasteiger partial charge >= 0.3 is 0 Å². The maximum absolute atomic E-state index is 5.36. The molecule has 0 N–H and O–H groups in total. The molecule has 1 nitrogen and oxygen atoms in total. The van der Waals surface area contributed by atoms with E-state index in [0.717, 1.165) is 35.5 Å². The number of hydrogen-bond acceptors (Lipinski definition) is 1. The number of hydrogen-bond donors (Lipinski definition) is 0. The Morgan fingerprint density at radius 2 is 1.29 bits per heavy atom. The van der Waals surface area contributed by atoms with Crippen molar-refractivity contribution in [2.75, 3.05) is 0 Å². The summed E-state index contributed by atoms with van der Waals surface area (Å²) in [6.45, 7) is 0. The molecule has 2 aromatic carbocycles. The highest BCUT2D eigenvalue weighted by molar-refractivity contribution is 5.89. The van der Waals surface area contributed by atoms with Crippen molar-refractivity contribution >= 4 is 10.9 Å². The van der Waals surface area contributed by atoms with E-state index in [2.05, 4.69) is 42.5 Å². The molecule has 1 heteroatoms. The van der Waals surface area contributed by atoms with Crippen molar-refractivity contribution in [1.29, 1.82) is 0 Å². The van der Waals surface area contributed by atoms with Crippen molar-refractivity contribution in [2.24, 2.45) is 11.8 Å². The van der Waals surface area contributed by atoms with Crippen LogP contribution in [0.3, 0.4) is 0 Å². The summed E-state index contributed by atoms with van der Waals surface area (Å²) in [5.74, 6) is 5.08. The van der Waals surface area contributed by atoms with E-state index < -0.39 is 0 Å². The third-order valence-electron chi connectivity index (χ3n) is 9.89. The summed E-state index contributed by atoms with van der Waals surface area (Å²) >= 11 is 0. The monoisotopic (exact) mass is 405 g/mol. The van der Waals surface area contributed by atoms with Crippen LogP contribution >= 0.6 is 0 Å². The van der Waals surface area contributed by atoms with Crippen molar-refractivity contribution in [2.45, 2.75) is 81.5 Å². The molecule has 0 spiro atoms. The average Bonchev–Trinajstić information content (AvgIpc) is 2.99. The Balaban J connectivity index is 1.36. The maximum atomic E-state index is 5.36. The summed E-state index contributed by atoms with van der Waals surface area (Å²) < 4.78 is 0. The Labute approximate surface area is 185 Å². The molecule has 0 saturated heterocycles. The number of fused-ring (bicyclic) bond motifs is 3. The minimum atomic E-state index is 0.720. The minimum absolute atomic E-state index is 0.720. The fourth-order valence-corrected chi connectivity index (χ4v) is 8.80. The van der Waals surface area contributed by atoms with Crippen molar-refractivity contribution in [3.63, 3.8) is 0 Å². The zero-order valence-electron chi connectivity index (χ0n) is 18.3. The van der Waals surface area contributed by atoms with Gasteiger partial charge in [-0.1, -0.05) is 30.3 Å². The maximum Gasteiger partial charge on any atom is 0.0747 e. The van der Waals surface area contributed by atoms with Crippen molar-refractivity contribution in [3.05, 3.63) is 64.7 Å². The molecular weight excluding hydrogens is 374 g/mol. The Morgan fingerprint density at radius 3 is 2.06 bits per heavy atom. The van der Waals surface area contributed by atoms with Gasteiger partial charge in [0.15, 0.2) is 0 Å². The van der Waals surface area contributed by atoms with Gasteiger partial charge < -0.3 is 0 Å². The lowest BCUT2D eigenvalue weighted by Gasteiger charge is -2.40. The van der Waals surface area contributed by atoms with Crippen LogP contribution in [0.5, 0.6) is 0 Å². The third-order valence-corrected chi connectivity index (χ3v) is 9.89. The number of benzene rings is 2. The molecule has 0 amide bonds. The molecule has 31 heavy (non-hydrogen) atoms. The normalized spacial score (nSPS) is 34.6. The summed E-state index contributed by atoms with van der Waals surface area (Å²) in [7, 11) is 0. The number of rotatable bonds is 1. The fourth-order valence-electron chi connectivity index (χ4n) is 8.80. The summed E-state index contributed by atoms with van der Waals surface area (Å²) in [4.78, 5) is 5.36. The van der Waals surface area contributed by atoms with E-state index >= 15 is 0 Å². The lowest BCUT2D eigenvalue weighted by atomic mass is 9.65. The molecule has 3 fully saturated rings. The Hall–Kier alpha value is -2.15. The molecule has 0 radical (unpaired) electrons. The molecule has 2 unspecified atom stereocenters. The zero-order valence-corrected chi connectivity index (χ0v) is 18.3. The predicted octanol–water partition coefficient (Wildman–Crippen LogP) is 8.05. The van der Waals surface area contributed by atoms with Gasteiger partial charge in [0.05, 0.1) is 11.2 Å². The molecule has 7 aliphatic rings. The van der Waals surface area contributed by atoms with Crippen LogP contribution in [-0.2, 0) is 0 Å². The first kappa shape index (κ1) is 17.4. The Bertz CT molecular complexity index is 1200. The molecule has 0 aliphatic heterocycles. The van der Waals surface area contributed by atoms with E-state index in [-0.39, 0.29) is 0 Å². The molecule has 1 aromatic heterocycles. The summed E-state index contributed by atoms with van der Waals surface area (Å²) in [6.07, 6.45) is 12.8. The van der Waals surface area contributed by atoms with Gasteiger partial charge in [0.1, 0.15) is 0 Å². The van der Waals surface area contributed by atoms with Gasteiger partial charge in [0.25, 0.3) is 0 Å². The van der Waals surface area contributed by atoms with Gasteiger partial charge in [-0.25, -0.2) is 4.98 Å². The number of aromatic nitrogens is 1. The fraction of sp³-hybridized carbons (Fsp3) is 0.500. The molecule has 7 aliphatic carbocycles. The smallest absolute Gasteiger partial charge is 0.0747 e. The van der Waals surface area contributed by atoms with E-state index in [0.29, 0.717) is 0 Å². The Kier molecular flexibility index (Phi) is 3.49. The van der Waals surface area contributed by atoms with Gasteiger partial charge in [-0.3, -0.25) is 0 Å². The largest absolute Gasteiger partial charge is 0.247 e. The van der Waals surface area contributed by atoms with Crippen LogP contribution in [0.25, 0.3) is 22.2 Å². The van der Waals surface area contributed by atoms with E-state index in [1.54, 1.807) is 22.3 Å². The zero-order chi connectivity index (χ0) is 20.1. The molecule has 2 atom stereocenters. The van der Waals surface area contributed by atoms with Crippen LogP contribution in [0.2, 0.25) is 0 Å². The highest BCUT2D eigenvalue weighted by Crippen LogP contribution is 2.57. The topological polar surface area (TPSA) is 12.9 Å².